The van der Waals surface area contributed by atoms with Crippen LogP contribution in [-0.2, 0) is 9.47 Å². The predicted octanol–water partition coefficient (Wildman–Crippen LogP) is -0.517. The standard InChI is InChI=1S/C16H13FN4O2/c1-9-6-22-16(23-9)15(8-19)12(10-4-2-3-5-11(10)17)14(15,7-18)13(20)21-16/h2-5,9,12H,6H2,1H3,(H2,20,21)/p+1/t9-,12-,14-,15-,16+/m1/s1. The van der Waals surface area contributed by atoms with Gasteiger partial charge in [0, 0.05) is 5.92 Å². The quantitative estimate of drug-likeness (QED) is 0.726. The van der Waals surface area contributed by atoms with E-state index in [1.54, 1.807) is 25.1 Å². The monoisotopic (exact) mass is 313 g/mol. The van der Waals surface area contributed by atoms with Gasteiger partial charge in [0.15, 0.2) is 10.8 Å². The van der Waals surface area contributed by atoms with Crippen LogP contribution in [0.25, 0.3) is 0 Å². The Hall–Kier alpha value is -2.48. The van der Waals surface area contributed by atoms with Gasteiger partial charge in [-0.25, -0.2) is 9.38 Å². The topological polar surface area (TPSA) is 106 Å². The Morgan fingerprint density at radius 2 is 2.09 bits per heavy atom. The Morgan fingerprint density at radius 3 is 2.65 bits per heavy atom. The van der Waals surface area contributed by atoms with Gasteiger partial charge in [-0.05, 0) is 18.6 Å². The summed E-state index contributed by atoms with van der Waals surface area (Å²) in [6, 6.07) is 10.4. The Balaban J connectivity index is 1.95. The van der Waals surface area contributed by atoms with Gasteiger partial charge < -0.3 is 9.47 Å². The maximum absolute atomic E-state index is 14.3. The molecule has 1 saturated carbocycles. The zero-order valence-corrected chi connectivity index (χ0v) is 12.3. The first-order valence-corrected chi connectivity index (χ1v) is 7.29. The molecule has 1 aromatic carbocycles. The van der Waals surface area contributed by atoms with Crippen molar-refractivity contribution in [2.24, 2.45) is 16.6 Å². The molecule has 2 aliphatic heterocycles. The van der Waals surface area contributed by atoms with E-state index in [2.05, 4.69) is 17.1 Å². The summed E-state index contributed by atoms with van der Waals surface area (Å²) in [5.74, 6) is -2.67. The van der Waals surface area contributed by atoms with Crippen molar-refractivity contribution < 1.29 is 18.9 Å². The summed E-state index contributed by atoms with van der Waals surface area (Å²) in [6.07, 6.45) is -0.267. The van der Waals surface area contributed by atoms with E-state index in [9.17, 15) is 14.9 Å². The average molecular weight is 313 g/mol. The number of fused-ring (bicyclic) bond motifs is 2. The fourth-order valence-corrected chi connectivity index (χ4v) is 4.14. The summed E-state index contributed by atoms with van der Waals surface area (Å²) < 4.78 is 25.8. The summed E-state index contributed by atoms with van der Waals surface area (Å²) in [5, 5.41) is 19.7. The van der Waals surface area contributed by atoms with Gasteiger partial charge in [0.1, 0.15) is 5.82 Å². The zero-order chi connectivity index (χ0) is 16.5. The van der Waals surface area contributed by atoms with Crippen LogP contribution >= 0.6 is 0 Å². The van der Waals surface area contributed by atoms with Crippen molar-refractivity contribution in [1.29, 1.82) is 10.5 Å². The van der Waals surface area contributed by atoms with Crippen LogP contribution in [0.1, 0.15) is 18.4 Å². The molecular formula is C16H14FN4O2+. The normalized spacial score (nSPS) is 43.6. The number of rotatable bonds is 1. The number of halogens is 1. The maximum Gasteiger partial charge on any atom is 0.343 e. The second kappa shape index (κ2) is 4.08. The largest absolute Gasteiger partial charge is 0.343 e. The van der Waals surface area contributed by atoms with Crippen LogP contribution < -0.4 is 10.7 Å². The van der Waals surface area contributed by atoms with Crippen molar-refractivity contribution in [3.63, 3.8) is 0 Å². The van der Waals surface area contributed by atoms with E-state index >= 15 is 0 Å². The number of nitrogens with one attached hydrogen (secondary N) is 1. The first-order valence-electron chi connectivity index (χ1n) is 7.29. The lowest BCUT2D eigenvalue weighted by molar-refractivity contribution is -0.677. The molecule has 23 heavy (non-hydrogen) atoms. The Morgan fingerprint density at radius 1 is 1.35 bits per heavy atom. The van der Waals surface area contributed by atoms with Gasteiger partial charge in [-0.3, -0.25) is 5.73 Å². The third kappa shape index (κ3) is 1.28. The molecule has 0 bridgehead atoms. The molecule has 116 valence electrons. The fourth-order valence-electron chi connectivity index (χ4n) is 4.14. The highest BCUT2D eigenvalue weighted by Crippen LogP contribution is 2.79. The first-order chi connectivity index (χ1) is 11.0. The molecule has 1 saturated heterocycles. The molecule has 6 nitrogen and oxygen atoms in total. The molecule has 0 unspecified atom stereocenters. The van der Waals surface area contributed by atoms with Crippen LogP contribution in [0.3, 0.4) is 0 Å². The first kappa shape index (κ1) is 14.1. The van der Waals surface area contributed by atoms with Gasteiger partial charge in [-0.2, -0.15) is 10.5 Å². The van der Waals surface area contributed by atoms with Gasteiger partial charge in [0.05, 0.1) is 24.8 Å². The van der Waals surface area contributed by atoms with Crippen LogP contribution in [0.4, 0.5) is 4.39 Å². The maximum atomic E-state index is 14.3. The highest BCUT2D eigenvalue weighted by molar-refractivity contribution is 5.95. The van der Waals surface area contributed by atoms with Gasteiger partial charge in [0.25, 0.3) is 5.84 Å². The van der Waals surface area contributed by atoms with Crippen molar-refractivity contribution in [2.75, 3.05) is 6.61 Å². The van der Waals surface area contributed by atoms with E-state index in [4.69, 9.17) is 15.2 Å². The number of hydrogen-bond acceptors (Lipinski definition) is 5. The van der Waals surface area contributed by atoms with Crippen LogP contribution in [-0.4, -0.2) is 24.5 Å². The Labute approximate surface area is 131 Å². The molecule has 1 aromatic rings. The van der Waals surface area contributed by atoms with Crippen molar-refractivity contribution in [1.82, 2.24) is 0 Å². The highest BCUT2D eigenvalue weighted by Gasteiger charge is 2.98. The number of nitrogens with two attached hydrogens (primary N) is 1. The van der Waals surface area contributed by atoms with E-state index in [0.29, 0.717) is 0 Å². The minimum Gasteiger partial charge on any atom is -0.311 e. The summed E-state index contributed by atoms with van der Waals surface area (Å²) in [7, 11) is 0. The highest BCUT2D eigenvalue weighted by atomic mass is 19.1. The number of nitriles is 2. The van der Waals surface area contributed by atoms with Crippen LogP contribution in [0, 0.1) is 39.3 Å². The van der Waals surface area contributed by atoms with Gasteiger partial charge >= 0.3 is 5.91 Å². The molecule has 5 atom stereocenters. The smallest absolute Gasteiger partial charge is 0.311 e. The summed E-state index contributed by atoms with van der Waals surface area (Å²) in [6.45, 7) is 2.06. The third-order valence-corrected chi connectivity index (χ3v) is 5.11. The summed E-state index contributed by atoms with van der Waals surface area (Å²) >= 11 is 0. The van der Waals surface area contributed by atoms with Gasteiger partial charge in [-0.15, -0.1) is 0 Å². The number of ether oxygens (including phenoxy) is 2. The molecule has 2 fully saturated rings. The molecule has 2 heterocycles. The number of nitrogens with zero attached hydrogens (tertiary/aromatic N) is 2. The minimum absolute atomic E-state index is 0.0869. The van der Waals surface area contributed by atoms with E-state index in [1.807, 2.05) is 0 Å². The zero-order valence-electron chi connectivity index (χ0n) is 12.3. The van der Waals surface area contributed by atoms with E-state index < -0.39 is 28.5 Å². The fraction of sp³-hybridized carbons (Fsp3) is 0.438. The molecule has 3 aliphatic rings. The predicted molar refractivity (Wildman–Crippen MR) is 74.6 cm³/mol. The summed E-state index contributed by atoms with van der Waals surface area (Å²) in [4.78, 5) is 2.84. The molecule has 1 aliphatic carbocycles. The minimum atomic E-state index is -1.52. The average Bonchev–Trinajstić information content (AvgIpc) is 2.91. The molecule has 0 radical (unpaired) electrons. The van der Waals surface area contributed by atoms with Crippen molar-refractivity contribution in [2.45, 2.75) is 24.9 Å². The second-order valence-corrected chi connectivity index (χ2v) is 6.19. The lowest BCUT2D eigenvalue weighted by Crippen LogP contribution is -2.90. The lowest BCUT2D eigenvalue weighted by Gasteiger charge is -2.24. The van der Waals surface area contributed by atoms with E-state index in [0.717, 1.165) is 0 Å². The molecular weight excluding hydrogens is 299 g/mol. The molecule has 7 heteroatoms. The van der Waals surface area contributed by atoms with Crippen LogP contribution in [0.15, 0.2) is 24.3 Å². The van der Waals surface area contributed by atoms with Crippen molar-refractivity contribution >= 4 is 5.84 Å². The Kier molecular flexibility index (Phi) is 2.51. The molecule has 1 spiro atoms. The van der Waals surface area contributed by atoms with Crippen LogP contribution in [0.2, 0.25) is 0 Å². The van der Waals surface area contributed by atoms with Crippen LogP contribution in [0.5, 0.6) is 0 Å². The van der Waals surface area contributed by atoms with Gasteiger partial charge in [0.2, 0.25) is 0 Å². The second-order valence-electron chi connectivity index (χ2n) is 6.19. The molecule has 3 N–H and O–H groups in total. The summed E-state index contributed by atoms with van der Waals surface area (Å²) in [5.41, 5.74) is 3.52. The number of benzene rings is 1. The molecule has 0 amide bonds. The van der Waals surface area contributed by atoms with Crippen molar-refractivity contribution in [3.8, 4) is 12.1 Å². The van der Waals surface area contributed by atoms with Gasteiger partial charge in [-0.1, -0.05) is 18.2 Å². The van der Waals surface area contributed by atoms with E-state index in [-0.39, 0.29) is 24.1 Å². The third-order valence-electron chi connectivity index (χ3n) is 5.11. The Bertz CT molecular complexity index is 828. The van der Waals surface area contributed by atoms with E-state index in [1.165, 1.54) is 6.07 Å². The van der Waals surface area contributed by atoms with Crippen molar-refractivity contribution in [3.05, 3.63) is 35.6 Å². The lowest BCUT2D eigenvalue weighted by atomic mass is 9.94. The number of amidine groups is 1. The molecule has 4 rings (SSSR count). The molecule has 0 aromatic heterocycles. The number of hydrogen-bond donors (Lipinski definition) is 2. The SMILES string of the molecule is C[C@@H]1CO[C@]2([NH+]=C(N)[C@@]3(C#N)[C@@H](c4ccccc4F)[C@@]23C#N)O1.